The Morgan fingerprint density at radius 3 is 2.76 bits per heavy atom. The van der Waals surface area contributed by atoms with E-state index in [-0.39, 0.29) is 0 Å². The van der Waals surface area contributed by atoms with E-state index >= 15 is 0 Å². The number of nitrogens with one attached hydrogen (secondary N) is 1. The first-order valence-electron chi connectivity index (χ1n) is 6.86. The van der Waals surface area contributed by atoms with Gasteiger partial charge in [-0.25, -0.2) is 4.79 Å². The number of rotatable bonds is 3. The molecule has 0 aliphatic heterocycles. The summed E-state index contributed by atoms with van der Waals surface area (Å²) in [5.74, 6) is 0. The maximum absolute atomic E-state index is 11.6. The second kappa shape index (κ2) is 5.88. The molecule has 21 heavy (non-hydrogen) atoms. The lowest BCUT2D eigenvalue weighted by Gasteiger charge is -2.19. The summed E-state index contributed by atoms with van der Waals surface area (Å²) in [5.41, 5.74) is 1.06. The van der Waals surface area contributed by atoms with Crippen molar-refractivity contribution in [2.45, 2.75) is 32.9 Å². The zero-order chi connectivity index (χ0) is 15.5. The molecule has 5 heteroatoms. The normalized spacial score (nSPS) is 11.1. The Hall–Kier alpha value is -2.48. The van der Waals surface area contributed by atoms with E-state index in [1.54, 1.807) is 0 Å². The van der Waals surface area contributed by atoms with Crippen LogP contribution in [-0.2, 0) is 11.3 Å². The van der Waals surface area contributed by atoms with Gasteiger partial charge in [-0.2, -0.15) is 5.26 Å². The molecule has 0 unspecified atom stereocenters. The topological polar surface area (TPSA) is 67.0 Å². The Morgan fingerprint density at radius 1 is 1.38 bits per heavy atom. The van der Waals surface area contributed by atoms with Crippen molar-refractivity contribution < 1.29 is 9.53 Å². The highest BCUT2D eigenvalue weighted by molar-refractivity contribution is 5.82. The van der Waals surface area contributed by atoms with Crippen LogP contribution in [0.3, 0.4) is 0 Å². The number of hydrogen-bond acceptors (Lipinski definition) is 3. The van der Waals surface area contributed by atoms with Gasteiger partial charge in [-0.05, 0) is 32.9 Å². The molecule has 0 aliphatic carbocycles. The lowest BCUT2D eigenvalue weighted by molar-refractivity contribution is 0.0526. The van der Waals surface area contributed by atoms with E-state index < -0.39 is 11.7 Å². The van der Waals surface area contributed by atoms with Gasteiger partial charge in [0.1, 0.15) is 17.4 Å². The van der Waals surface area contributed by atoms with Gasteiger partial charge in [-0.1, -0.05) is 18.2 Å². The molecule has 1 N–H and O–H groups in total. The second-order valence-electron chi connectivity index (χ2n) is 5.78. The first-order valence-corrected chi connectivity index (χ1v) is 6.86. The van der Waals surface area contributed by atoms with Gasteiger partial charge in [-0.3, -0.25) is 0 Å². The SMILES string of the molecule is CC(C)(C)OC(=O)NCCn1c(C#N)cc2ccccc21. The summed E-state index contributed by atoms with van der Waals surface area (Å²) in [6.07, 6.45) is -0.447. The number of aromatic nitrogens is 1. The average Bonchev–Trinajstić information content (AvgIpc) is 2.75. The molecule has 1 heterocycles. The number of carbonyl (C=O) groups is 1. The number of alkyl carbamates (subject to hydrolysis) is 1. The highest BCUT2D eigenvalue weighted by Crippen LogP contribution is 2.18. The molecule has 2 aromatic rings. The van der Waals surface area contributed by atoms with Crippen molar-refractivity contribution in [3.8, 4) is 6.07 Å². The molecule has 0 aliphatic rings. The van der Waals surface area contributed by atoms with Crippen molar-refractivity contribution in [1.82, 2.24) is 9.88 Å². The molecule has 0 fully saturated rings. The summed E-state index contributed by atoms with van der Waals surface area (Å²) < 4.78 is 7.07. The van der Waals surface area contributed by atoms with Gasteiger partial charge in [-0.15, -0.1) is 0 Å². The summed E-state index contributed by atoms with van der Waals surface area (Å²) in [5, 5.41) is 12.9. The largest absolute Gasteiger partial charge is 0.444 e. The van der Waals surface area contributed by atoms with Gasteiger partial charge in [0.15, 0.2) is 0 Å². The predicted molar refractivity (Wildman–Crippen MR) is 80.9 cm³/mol. The number of fused-ring (bicyclic) bond motifs is 1. The van der Waals surface area contributed by atoms with Gasteiger partial charge >= 0.3 is 6.09 Å². The van der Waals surface area contributed by atoms with Crippen LogP contribution < -0.4 is 5.32 Å². The minimum Gasteiger partial charge on any atom is -0.444 e. The molecule has 2 rings (SSSR count). The van der Waals surface area contributed by atoms with E-state index in [4.69, 9.17) is 4.74 Å². The highest BCUT2D eigenvalue weighted by Gasteiger charge is 2.15. The molecule has 1 aromatic heterocycles. The van der Waals surface area contributed by atoms with Gasteiger partial charge in [0.25, 0.3) is 0 Å². The molecule has 0 atom stereocenters. The molecular formula is C16H19N3O2. The zero-order valence-electron chi connectivity index (χ0n) is 12.5. The number of carbonyl (C=O) groups excluding carboxylic acids is 1. The van der Waals surface area contributed by atoms with Crippen molar-refractivity contribution in [3.63, 3.8) is 0 Å². The molecule has 5 nitrogen and oxygen atoms in total. The van der Waals surface area contributed by atoms with E-state index in [1.165, 1.54) is 0 Å². The fourth-order valence-corrected chi connectivity index (χ4v) is 2.13. The summed E-state index contributed by atoms with van der Waals surface area (Å²) >= 11 is 0. The lowest BCUT2D eigenvalue weighted by atomic mass is 10.2. The molecule has 1 amide bonds. The number of nitriles is 1. The summed E-state index contributed by atoms with van der Waals surface area (Å²) in [4.78, 5) is 11.6. The first kappa shape index (κ1) is 14.9. The van der Waals surface area contributed by atoms with Crippen LogP contribution in [0.2, 0.25) is 0 Å². The third-order valence-corrected chi connectivity index (χ3v) is 2.93. The summed E-state index contributed by atoms with van der Waals surface area (Å²) in [7, 11) is 0. The molecule has 0 radical (unpaired) electrons. The Labute approximate surface area is 124 Å². The van der Waals surface area contributed by atoms with Crippen LogP contribution in [0.15, 0.2) is 30.3 Å². The smallest absolute Gasteiger partial charge is 0.407 e. The van der Waals surface area contributed by atoms with E-state index in [1.807, 2.05) is 55.7 Å². The van der Waals surface area contributed by atoms with Gasteiger partial charge in [0.2, 0.25) is 0 Å². The summed E-state index contributed by atoms with van der Waals surface area (Å²) in [6, 6.07) is 11.8. The van der Waals surface area contributed by atoms with Crippen molar-refractivity contribution in [2.24, 2.45) is 0 Å². The number of hydrogen-bond donors (Lipinski definition) is 1. The minimum absolute atomic E-state index is 0.405. The fraction of sp³-hybridized carbons (Fsp3) is 0.375. The fourth-order valence-electron chi connectivity index (χ4n) is 2.13. The number of para-hydroxylation sites is 1. The molecular weight excluding hydrogens is 266 g/mol. The maximum atomic E-state index is 11.6. The third-order valence-electron chi connectivity index (χ3n) is 2.93. The van der Waals surface area contributed by atoms with Crippen molar-refractivity contribution in [1.29, 1.82) is 5.26 Å². The molecule has 110 valence electrons. The van der Waals surface area contributed by atoms with Crippen molar-refractivity contribution in [3.05, 3.63) is 36.0 Å². The quantitative estimate of drug-likeness (QED) is 0.942. The van der Waals surface area contributed by atoms with Crippen LogP contribution in [0.1, 0.15) is 26.5 Å². The van der Waals surface area contributed by atoms with E-state index in [9.17, 15) is 10.1 Å². The van der Waals surface area contributed by atoms with E-state index in [0.717, 1.165) is 10.9 Å². The Kier molecular flexibility index (Phi) is 4.18. The van der Waals surface area contributed by atoms with Crippen molar-refractivity contribution in [2.75, 3.05) is 6.54 Å². The number of benzene rings is 1. The Morgan fingerprint density at radius 2 is 2.10 bits per heavy atom. The average molecular weight is 285 g/mol. The van der Waals surface area contributed by atoms with Crippen LogP contribution in [-0.4, -0.2) is 22.8 Å². The zero-order valence-corrected chi connectivity index (χ0v) is 12.5. The molecule has 0 saturated heterocycles. The van der Waals surface area contributed by atoms with Crippen LogP contribution in [0.25, 0.3) is 10.9 Å². The number of nitrogens with zero attached hydrogens (tertiary/aromatic N) is 2. The molecule has 0 bridgehead atoms. The molecule has 0 spiro atoms. The lowest BCUT2D eigenvalue weighted by Crippen LogP contribution is -2.34. The van der Waals surface area contributed by atoms with Gasteiger partial charge in [0, 0.05) is 24.0 Å². The third kappa shape index (κ3) is 3.76. The Bertz CT molecular complexity index is 690. The standard InChI is InChI=1S/C16H19N3O2/c1-16(2,3)21-15(20)18-8-9-19-13(11-17)10-12-6-4-5-7-14(12)19/h4-7,10H,8-9H2,1-3H3,(H,18,20). The van der Waals surface area contributed by atoms with Crippen LogP contribution in [0.5, 0.6) is 0 Å². The van der Waals surface area contributed by atoms with Gasteiger partial charge < -0.3 is 14.6 Å². The van der Waals surface area contributed by atoms with Crippen LogP contribution >= 0.6 is 0 Å². The number of ether oxygens (including phenoxy) is 1. The Balaban J connectivity index is 2.04. The highest BCUT2D eigenvalue weighted by atomic mass is 16.6. The van der Waals surface area contributed by atoms with E-state index in [0.29, 0.717) is 18.8 Å². The maximum Gasteiger partial charge on any atom is 0.407 e. The van der Waals surface area contributed by atoms with Crippen LogP contribution in [0, 0.1) is 11.3 Å². The van der Waals surface area contributed by atoms with Crippen LogP contribution in [0.4, 0.5) is 4.79 Å². The molecule has 1 aromatic carbocycles. The monoisotopic (exact) mass is 285 g/mol. The predicted octanol–water partition coefficient (Wildman–Crippen LogP) is 3.04. The molecule has 0 saturated carbocycles. The second-order valence-corrected chi connectivity index (χ2v) is 5.78. The van der Waals surface area contributed by atoms with Gasteiger partial charge in [0.05, 0.1) is 0 Å². The first-order chi connectivity index (χ1) is 9.90. The minimum atomic E-state index is -0.512. The van der Waals surface area contributed by atoms with Crippen molar-refractivity contribution >= 4 is 17.0 Å². The number of amides is 1. The van der Waals surface area contributed by atoms with E-state index in [2.05, 4.69) is 11.4 Å². The summed E-state index contributed by atoms with van der Waals surface area (Å²) in [6.45, 7) is 6.39.